The number of ether oxygens (including phenoxy) is 1. The summed E-state index contributed by atoms with van der Waals surface area (Å²) in [5.74, 6) is 0.546. The van der Waals surface area contributed by atoms with Crippen LogP contribution < -0.4 is 0 Å². The van der Waals surface area contributed by atoms with Gasteiger partial charge in [-0.3, -0.25) is 0 Å². The van der Waals surface area contributed by atoms with Gasteiger partial charge in [0.1, 0.15) is 0 Å². The Bertz CT molecular complexity index is 764. The van der Waals surface area contributed by atoms with Crippen LogP contribution >= 0.6 is 10.0 Å². The average molecular weight is 377 g/mol. The summed E-state index contributed by atoms with van der Waals surface area (Å²) >= 11 is 0. The van der Waals surface area contributed by atoms with Crippen molar-refractivity contribution in [2.24, 2.45) is 0 Å². The molecule has 0 fully saturated rings. The molecule has 0 aliphatic carbocycles. The van der Waals surface area contributed by atoms with Gasteiger partial charge in [0.15, 0.2) is 0 Å². The third kappa shape index (κ3) is 4.32. The molecule has 0 N–H and O–H groups in total. The maximum Gasteiger partial charge on any atom is 0.330 e. The highest BCUT2D eigenvalue weighted by atomic mass is 32.3. The first-order valence-corrected chi connectivity index (χ1v) is 10.8. The SMILES string of the molecule is C=CC(=O)OCCCS(c1ccccc1)(c1ccccc1)c1ccccc1. The van der Waals surface area contributed by atoms with Crippen LogP contribution in [-0.4, -0.2) is 18.3 Å². The molecular weight excluding hydrogens is 352 g/mol. The van der Waals surface area contributed by atoms with Crippen LogP contribution in [0, 0.1) is 0 Å². The molecule has 27 heavy (non-hydrogen) atoms. The lowest BCUT2D eigenvalue weighted by Crippen LogP contribution is -2.11. The molecule has 3 aromatic rings. The van der Waals surface area contributed by atoms with Gasteiger partial charge < -0.3 is 4.74 Å². The van der Waals surface area contributed by atoms with E-state index in [1.165, 1.54) is 20.8 Å². The first kappa shape index (κ1) is 19.0. The molecule has 138 valence electrons. The van der Waals surface area contributed by atoms with Crippen molar-refractivity contribution in [3.05, 3.63) is 104 Å². The molecule has 0 saturated carbocycles. The van der Waals surface area contributed by atoms with Crippen molar-refractivity contribution in [2.75, 3.05) is 12.4 Å². The molecule has 0 aliphatic heterocycles. The molecule has 0 heterocycles. The highest BCUT2D eigenvalue weighted by Crippen LogP contribution is 2.68. The summed E-state index contributed by atoms with van der Waals surface area (Å²) in [6.07, 6.45) is 2.00. The zero-order chi connectivity index (χ0) is 19.0. The molecular formula is C24H24O2S. The fraction of sp³-hybridized carbons (Fsp3) is 0.125. The number of hydrogen-bond donors (Lipinski definition) is 0. The van der Waals surface area contributed by atoms with Crippen molar-refractivity contribution in [1.82, 2.24) is 0 Å². The van der Waals surface area contributed by atoms with Crippen LogP contribution in [0.2, 0.25) is 0 Å². The highest BCUT2D eigenvalue weighted by Gasteiger charge is 2.30. The van der Waals surface area contributed by atoms with E-state index in [1.54, 1.807) is 0 Å². The lowest BCUT2D eigenvalue weighted by Gasteiger charge is -2.41. The van der Waals surface area contributed by atoms with Crippen LogP contribution in [0.5, 0.6) is 0 Å². The molecule has 0 aromatic heterocycles. The van der Waals surface area contributed by atoms with Crippen LogP contribution in [0.15, 0.2) is 118 Å². The zero-order valence-electron chi connectivity index (χ0n) is 15.3. The molecule has 2 nitrogen and oxygen atoms in total. The summed E-state index contributed by atoms with van der Waals surface area (Å²) in [5.41, 5.74) is 0. The molecule has 3 aromatic carbocycles. The van der Waals surface area contributed by atoms with Crippen molar-refractivity contribution in [3.8, 4) is 0 Å². The van der Waals surface area contributed by atoms with Gasteiger partial charge in [-0.25, -0.2) is 4.79 Å². The Hall–Kier alpha value is -2.78. The molecule has 3 rings (SSSR count). The first-order valence-electron chi connectivity index (χ1n) is 9.03. The summed E-state index contributed by atoms with van der Waals surface area (Å²) < 4.78 is 5.25. The minimum atomic E-state index is -1.45. The second-order valence-electron chi connectivity index (χ2n) is 6.11. The van der Waals surface area contributed by atoms with Gasteiger partial charge in [-0.2, -0.15) is 10.0 Å². The maximum atomic E-state index is 11.4. The topological polar surface area (TPSA) is 26.3 Å². The number of rotatable bonds is 8. The van der Waals surface area contributed by atoms with Gasteiger partial charge in [-0.1, -0.05) is 61.2 Å². The lowest BCUT2D eigenvalue weighted by molar-refractivity contribution is -0.137. The molecule has 0 atom stereocenters. The van der Waals surface area contributed by atoms with E-state index in [9.17, 15) is 4.79 Å². The number of hydrogen-bond acceptors (Lipinski definition) is 2. The molecule has 0 saturated heterocycles. The second kappa shape index (κ2) is 9.24. The quantitative estimate of drug-likeness (QED) is 0.270. The van der Waals surface area contributed by atoms with Crippen LogP contribution in [0.4, 0.5) is 0 Å². The monoisotopic (exact) mass is 376 g/mol. The van der Waals surface area contributed by atoms with Crippen molar-refractivity contribution < 1.29 is 9.53 Å². The van der Waals surface area contributed by atoms with E-state index < -0.39 is 10.0 Å². The van der Waals surface area contributed by atoms with E-state index >= 15 is 0 Å². The number of esters is 1. The first-order chi connectivity index (χ1) is 13.3. The van der Waals surface area contributed by atoms with Crippen molar-refractivity contribution in [2.45, 2.75) is 21.1 Å². The zero-order valence-corrected chi connectivity index (χ0v) is 16.1. The summed E-state index contributed by atoms with van der Waals surface area (Å²) in [5, 5.41) is 0. The van der Waals surface area contributed by atoms with Crippen LogP contribution in [0.3, 0.4) is 0 Å². The largest absolute Gasteiger partial charge is 0.463 e. The van der Waals surface area contributed by atoms with E-state index in [0.29, 0.717) is 6.61 Å². The van der Waals surface area contributed by atoms with Gasteiger partial charge in [-0.15, -0.1) is 0 Å². The van der Waals surface area contributed by atoms with E-state index in [2.05, 4.69) is 97.6 Å². The van der Waals surface area contributed by atoms with Crippen molar-refractivity contribution >= 4 is 16.0 Å². The van der Waals surface area contributed by atoms with Gasteiger partial charge in [0.05, 0.1) is 6.61 Å². The Labute approximate surface area is 162 Å². The Morgan fingerprint density at radius 2 is 1.19 bits per heavy atom. The molecule has 0 amide bonds. The Morgan fingerprint density at radius 3 is 1.56 bits per heavy atom. The molecule has 0 radical (unpaired) electrons. The summed E-state index contributed by atoms with van der Waals surface area (Å²) in [6, 6.07) is 32.0. The van der Waals surface area contributed by atoms with Crippen LogP contribution in [-0.2, 0) is 9.53 Å². The number of carbonyl (C=O) groups excluding carboxylic acids is 1. The molecule has 0 aliphatic rings. The standard InChI is InChI=1S/C24H24O2S/c1-2-24(25)26-19-12-20-27(21-13-6-3-7-14-21,22-15-8-4-9-16-22)23-17-10-5-11-18-23/h2-11,13-18H,1,12,19-20H2. The highest BCUT2D eigenvalue weighted by molar-refractivity contribution is 8.33. The Morgan fingerprint density at radius 1 is 0.778 bits per heavy atom. The summed E-state index contributed by atoms with van der Waals surface area (Å²) in [4.78, 5) is 15.4. The van der Waals surface area contributed by atoms with Gasteiger partial charge in [0, 0.05) is 6.08 Å². The van der Waals surface area contributed by atoms with E-state index in [-0.39, 0.29) is 5.97 Å². The van der Waals surface area contributed by atoms with Gasteiger partial charge in [0.25, 0.3) is 0 Å². The van der Waals surface area contributed by atoms with Gasteiger partial charge >= 0.3 is 5.97 Å². The van der Waals surface area contributed by atoms with E-state index in [4.69, 9.17) is 4.74 Å². The average Bonchev–Trinajstić information content (AvgIpc) is 2.75. The molecule has 0 unspecified atom stereocenters. The minimum absolute atomic E-state index is 0.366. The predicted molar refractivity (Wildman–Crippen MR) is 112 cm³/mol. The fourth-order valence-electron chi connectivity index (χ4n) is 3.23. The predicted octanol–water partition coefficient (Wildman–Crippen LogP) is 6.09. The van der Waals surface area contributed by atoms with Crippen LogP contribution in [0.1, 0.15) is 6.42 Å². The maximum absolute atomic E-state index is 11.4. The smallest absolute Gasteiger partial charge is 0.330 e. The third-order valence-corrected chi connectivity index (χ3v) is 8.57. The molecule has 0 spiro atoms. The van der Waals surface area contributed by atoms with E-state index in [1.807, 2.05) is 0 Å². The number of benzene rings is 3. The van der Waals surface area contributed by atoms with Gasteiger partial charge in [0.2, 0.25) is 0 Å². The summed E-state index contributed by atoms with van der Waals surface area (Å²) in [6.45, 7) is 3.86. The van der Waals surface area contributed by atoms with Crippen molar-refractivity contribution in [1.29, 1.82) is 0 Å². The molecule has 3 heteroatoms. The normalized spacial score (nSPS) is 11.6. The van der Waals surface area contributed by atoms with Crippen LogP contribution in [0.25, 0.3) is 0 Å². The van der Waals surface area contributed by atoms with E-state index in [0.717, 1.165) is 12.2 Å². The van der Waals surface area contributed by atoms with Crippen molar-refractivity contribution in [3.63, 3.8) is 0 Å². The third-order valence-electron chi connectivity index (χ3n) is 4.44. The summed E-state index contributed by atoms with van der Waals surface area (Å²) in [7, 11) is -1.45. The molecule has 0 bridgehead atoms. The Kier molecular flexibility index (Phi) is 6.50. The lowest BCUT2D eigenvalue weighted by atomic mass is 10.4. The van der Waals surface area contributed by atoms with Gasteiger partial charge in [-0.05, 0) is 63.3 Å². The Balaban J connectivity index is 2.05. The fourth-order valence-corrected chi connectivity index (χ4v) is 7.17. The number of carbonyl (C=O) groups is 1. The second-order valence-corrected chi connectivity index (χ2v) is 9.41. The minimum Gasteiger partial charge on any atom is -0.463 e.